The molecule has 1 unspecified atom stereocenters. The maximum Gasteiger partial charge on any atom is 0.177 e. The summed E-state index contributed by atoms with van der Waals surface area (Å²) in [5, 5.41) is 0. The number of imidazole rings is 1. The van der Waals surface area contributed by atoms with Crippen LogP contribution in [0.15, 0.2) is 16.9 Å². The van der Waals surface area contributed by atoms with Gasteiger partial charge in [0.2, 0.25) is 0 Å². The van der Waals surface area contributed by atoms with Crippen molar-refractivity contribution >= 4 is 15.9 Å². The molecule has 2 aromatic rings. The van der Waals surface area contributed by atoms with Gasteiger partial charge in [-0.25, -0.2) is 4.98 Å². The Bertz CT molecular complexity index is 673. The summed E-state index contributed by atoms with van der Waals surface area (Å²) in [5.41, 5.74) is 13.7. The van der Waals surface area contributed by atoms with Gasteiger partial charge in [0, 0.05) is 30.3 Å². The Morgan fingerprint density at radius 2 is 2.00 bits per heavy atom. The van der Waals surface area contributed by atoms with E-state index in [1.54, 1.807) is 0 Å². The number of fused-ring (bicyclic) bond motifs is 1. The topological polar surface area (TPSA) is 43.8 Å². The number of aromatic nitrogens is 2. The molecule has 4 heteroatoms. The Balaban J connectivity index is 2.19. The largest absolute Gasteiger partial charge is 0.327 e. The van der Waals surface area contributed by atoms with Crippen LogP contribution < -0.4 is 5.73 Å². The molecule has 1 aliphatic heterocycles. The molecule has 0 amide bonds. The molecule has 0 bridgehead atoms. The van der Waals surface area contributed by atoms with Crippen LogP contribution in [0.3, 0.4) is 0 Å². The lowest BCUT2D eigenvalue weighted by Gasteiger charge is -2.22. The van der Waals surface area contributed by atoms with Crippen LogP contribution in [-0.4, -0.2) is 15.6 Å². The molecular formula is C16H20BrN3. The summed E-state index contributed by atoms with van der Waals surface area (Å²) in [7, 11) is 0. The van der Waals surface area contributed by atoms with Crippen LogP contribution in [0.1, 0.15) is 28.8 Å². The second-order valence-electron chi connectivity index (χ2n) is 5.76. The Labute approximate surface area is 128 Å². The van der Waals surface area contributed by atoms with Gasteiger partial charge < -0.3 is 10.3 Å². The van der Waals surface area contributed by atoms with Crippen molar-refractivity contribution in [2.45, 2.75) is 46.2 Å². The number of nitrogens with two attached hydrogens (primary N) is 1. The minimum Gasteiger partial charge on any atom is -0.327 e. The fraction of sp³-hybridized carbons (Fsp3) is 0.438. The number of benzene rings is 1. The van der Waals surface area contributed by atoms with Crippen LogP contribution in [0.5, 0.6) is 0 Å². The van der Waals surface area contributed by atoms with Crippen molar-refractivity contribution in [3.05, 3.63) is 39.3 Å². The lowest BCUT2D eigenvalue weighted by molar-refractivity contribution is 0.467. The highest BCUT2D eigenvalue weighted by molar-refractivity contribution is 9.10. The first-order valence-corrected chi connectivity index (χ1v) is 7.86. The molecule has 0 fully saturated rings. The third-order valence-electron chi connectivity index (χ3n) is 4.52. The molecule has 1 aromatic carbocycles. The second-order valence-corrected chi connectivity index (χ2v) is 6.47. The number of hydrogen-bond donors (Lipinski definition) is 1. The standard InChI is InChI=1S/C16H20BrN3/c1-9-4-5-13(11(3)10(9)2)15-14-8-12(18)6-7-20(14)16(17)19-15/h4-5,12H,6-8,18H2,1-3H3. The van der Waals surface area contributed by atoms with Gasteiger partial charge in [-0.2, -0.15) is 0 Å². The quantitative estimate of drug-likeness (QED) is 0.867. The van der Waals surface area contributed by atoms with E-state index in [0.29, 0.717) is 0 Å². The number of hydrogen-bond acceptors (Lipinski definition) is 2. The molecule has 20 heavy (non-hydrogen) atoms. The third-order valence-corrected chi connectivity index (χ3v) is 5.12. The van der Waals surface area contributed by atoms with Gasteiger partial charge in [0.15, 0.2) is 4.73 Å². The maximum absolute atomic E-state index is 6.14. The molecule has 3 nitrogen and oxygen atoms in total. The SMILES string of the molecule is Cc1ccc(-c2nc(Br)n3c2CC(N)CC3)c(C)c1C. The molecule has 0 aliphatic carbocycles. The Morgan fingerprint density at radius 3 is 2.75 bits per heavy atom. The molecule has 2 N–H and O–H groups in total. The molecular weight excluding hydrogens is 314 g/mol. The summed E-state index contributed by atoms with van der Waals surface area (Å²) >= 11 is 3.59. The zero-order chi connectivity index (χ0) is 14.4. The van der Waals surface area contributed by atoms with Gasteiger partial charge in [0.25, 0.3) is 0 Å². The first kappa shape index (κ1) is 13.8. The molecule has 0 saturated heterocycles. The van der Waals surface area contributed by atoms with Gasteiger partial charge in [-0.05, 0) is 59.8 Å². The van der Waals surface area contributed by atoms with E-state index in [1.165, 1.54) is 27.9 Å². The van der Waals surface area contributed by atoms with E-state index in [-0.39, 0.29) is 6.04 Å². The fourth-order valence-corrected chi connectivity index (χ4v) is 3.53. The minimum atomic E-state index is 0.247. The summed E-state index contributed by atoms with van der Waals surface area (Å²) < 4.78 is 3.18. The van der Waals surface area contributed by atoms with Crippen LogP contribution in [0.25, 0.3) is 11.3 Å². The van der Waals surface area contributed by atoms with E-state index in [9.17, 15) is 0 Å². The average Bonchev–Trinajstić information content (AvgIpc) is 2.73. The normalized spacial score (nSPS) is 18.1. The molecule has 1 aromatic heterocycles. The van der Waals surface area contributed by atoms with E-state index in [4.69, 9.17) is 10.7 Å². The van der Waals surface area contributed by atoms with Crippen molar-refractivity contribution in [1.82, 2.24) is 9.55 Å². The summed E-state index contributed by atoms with van der Waals surface area (Å²) in [6, 6.07) is 4.62. The fourth-order valence-electron chi connectivity index (χ4n) is 2.96. The van der Waals surface area contributed by atoms with Gasteiger partial charge in [-0.1, -0.05) is 12.1 Å². The monoisotopic (exact) mass is 333 g/mol. The number of halogens is 1. The lowest BCUT2D eigenvalue weighted by Crippen LogP contribution is -2.30. The van der Waals surface area contributed by atoms with E-state index in [2.05, 4.69) is 53.4 Å². The molecule has 1 atom stereocenters. The molecule has 2 heterocycles. The van der Waals surface area contributed by atoms with E-state index in [0.717, 1.165) is 29.8 Å². The first-order chi connectivity index (χ1) is 9.49. The highest BCUT2D eigenvalue weighted by Gasteiger charge is 2.24. The molecule has 0 spiro atoms. The van der Waals surface area contributed by atoms with Crippen molar-refractivity contribution in [2.24, 2.45) is 5.73 Å². The smallest absolute Gasteiger partial charge is 0.177 e. The number of nitrogens with zero attached hydrogens (tertiary/aromatic N) is 2. The Morgan fingerprint density at radius 1 is 1.25 bits per heavy atom. The summed E-state index contributed by atoms with van der Waals surface area (Å²) in [5.74, 6) is 0. The van der Waals surface area contributed by atoms with E-state index in [1.807, 2.05) is 0 Å². The van der Waals surface area contributed by atoms with E-state index < -0.39 is 0 Å². The Kier molecular flexibility index (Phi) is 3.46. The summed E-state index contributed by atoms with van der Waals surface area (Å²) in [6.07, 6.45) is 1.92. The summed E-state index contributed by atoms with van der Waals surface area (Å²) in [6.45, 7) is 7.46. The van der Waals surface area contributed by atoms with Crippen LogP contribution >= 0.6 is 15.9 Å². The maximum atomic E-state index is 6.14. The van der Waals surface area contributed by atoms with Crippen molar-refractivity contribution < 1.29 is 0 Å². The predicted molar refractivity (Wildman–Crippen MR) is 85.9 cm³/mol. The van der Waals surface area contributed by atoms with Gasteiger partial charge in [-0.15, -0.1) is 0 Å². The highest BCUT2D eigenvalue weighted by Crippen LogP contribution is 2.34. The molecule has 106 valence electrons. The zero-order valence-electron chi connectivity index (χ0n) is 12.2. The van der Waals surface area contributed by atoms with Crippen LogP contribution in [0, 0.1) is 20.8 Å². The van der Waals surface area contributed by atoms with E-state index >= 15 is 0 Å². The molecule has 1 aliphatic rings. The molecule has 3 rings (SSSR count). The molecule has 0 saturated carbocycles. The van der Waals surface area contributed by atoms with Gasteiger partial charge in [0.1, 0.15) is 0 Å². The van der Waals surface area contributed by atoms with Crippen LogP contribution in [0.2, 0.25) is 0 Å². The number of aryl methyl sites for hydroxylation is 1. The van der Waals surface area contributed by atoms with Crippen molar-refractivity contribution in [2.75, 3.05) is 0 Å². The van der Waals surface area contributed by atoms with Crippen LogP contribution in [0.4, 0.5) is 0 Å². The lowest BCUT2D eigenvalue weighted by atomic mass is 9.94. The van der Waals surface area contributed by atoms with Gasteiger partial charge in [-0.3, -0.25) is 0 Å². The van der Waals surface area contributed by atoms with Gasteiger partial charge >= 0.3 is 0 Å². The van der Waals surface area contributed by atoms with Gasteiger partial charge in [0.05, 0.1) is 5.69 Å². The van der Waals surface area contributed by atoms with Crippen molar-refractivity contribution in [3.63, 3.8) is 0 Å². The van der Waals surface area contributed by atoms with Crippen molar-refractivity contribution in [3.8, 4) is 11.3 Å². The average molecular weight is 334 g/mol. The second kappa shape index (κ2) is 5.01. The van der Waals surface area contributed by atoms with Crippen LogP contribution in [-0.2, 0) is 13.0 Å². The highest BCUT2D eigenvalue weighted by atomic mass is 79.9. The number of rotatable bonds is 1. The third kappa shape index (κ3) is 2.11. The zero-order valence-corrected chi connectivity index (χ0v) is 13.8. The van der Waals surface area contributed by atoms with Crippen molar-refractivity contribution in [1.29, 1.82) is 0 Å². The minimum absolute atomic E-state index is 0.247. The summed E-state index contributed by atoms with van der Waals surface area (Å²) in [4.78, 5) is 4.75. The Hall–Kier alpha value is -1.13. The first-order valence-electron chi connectivity index (χ1n) is 7.06. The predicted octanol–water partition coefficient (Wildman–Crippen LogP) is 3.51. The molecule has 0 radical (unpaired) electrons.